The molecule has 1 spiro atoms. The molecular formula is C31H24ClNO4. The van der Waals surface area contributed by atoms with E-state index >= 15 is 0 Å². The van der Waals surface area contributed by atoms with E-state index in [1.165, 1.54) is 0 Å². The highest BCUT2D eigenvalue weighted by Gasteiger charge is 2.68. The van der Waals surface area contributed by atoms with Crippen molar-refractivity contribution in [3.8, 4) is 11.3 Å². The number of nitrogens with zero attached hydrogens (tertiary/aromatic N) is 1. The number of hydrogen-bond donors (Lipinski definition) is 0. The van der Waals surface area contributed by atoms with E-state index in [-0.39, 0.29) is 17.3 Å². The summed E-state index contributed by atoms with van der Waals surface area (Å²) in [6.07, 6.45) is 0. The number of Topliss-reactive ketones (excluding diaryl/α,β-unsaturated/α-hetero) is 3. The summed E-state index contributed by atoms with van der Waals surface area (Å²) in [4.78, 5) is 44.0. The highest BCUT2D eigenvalue weighted by Crippen LogP contribution is 2.52. The minimum Gasteiger partial charge on any atom is -0.461 e. The summed E-state index contributed by atoms with van der Waals surface area (Å²) in [5.74, 6) is -1.15. The van der Waals surface area contributed by atoms with Crippen LogP contribution in [0.1, 0.15) is 48.3 Å². The van der Waals surface area contributed by atoms with Gasteiger partial charge in [0.15, 0.2) is 22.9 Å². The summed E-state index contributed by atoms with van der Waals surface area (Å²) in [5, 5.41) is 0.622. The zero-order valence-electron chi connectivity index (χ0n) is 20.4. The molecule has 1 aliphatic carbocycles. The monoisotopic (exact) mass is 509 g/mol. The number of likely N-dealkylation sites (tertiary alicyclic amines) is 1. The number of aryl methyl sites for hydroxylation is 1. The lowest BCUT2D eigenvalue weighted by Crippen LogP contribution is -2.57. The second kappa shape index (κ2) is 8.65. The topological polar surface area (TPSA) is 67.6 Å². The fourth-order valence-electron chi connectivity index (χ4n) is 5.94. The number of hydrogen-bond acceptors (Lipinski definition) is 5. The number of fused-ring (bicyclic) bond motifs is 1. The Balaban J connectivity index is 1.49. The van der Waals surface area contributed by atoms with E-state index in [9.17, 15) is 14.4 Å². The van der Waals surface area contributed by atoms with E-state index in [2.05, 4.69) is 0 Å². The molecule has 0 bridgehead atoms. The van der Waals surface area contributed by atoms with Crippen LogP contribution < -0.4 is 0 Å². The molecule has 37 heavy (non-hydrogen) atoms. The lowest BCUT2D eigenvalue weighted by Gasteiger charge is -2.33. The van der Waals surface area contributed by atoms with Crippen LogP contribution in [-0.2, 0) is 0 Å². The van der Waals surface area contributed by atoms with E-state index in [0.29, 0.717) is 39.8 Å². The molecule has 6 rings (SSSR count). The summed E-state index contributed by atoms with van der Waals surface area (Å²) in [7, 11) is 1.75. The molecule has 3 aromatic carbocycles. The maximum absolute atomic E-state index is 14.2. The van der Waals surface area contributed by atoms with Crippen molar-refractivity contribution in [3.63, 3.8) is 0 Å². The van der Waals surface area contributed by atoms with E-state index < -0.39 is 17.4 Å². The van der Waals surface area contributed by atoms with Crippen LogP contribution in [0.3, 0.4) is 0 Å². The molecule has 1 aliphatic heterocycles. The van der Waals surface area contributed by atoms with Gasteiger partial charge in [0, 0.05) is 39.7 Å². The van der Waals surface area contributed by atoms with Gasteiger partial charge in [0.1, 0.15) is 11.5 Å². The molecule has 6 heteroatoms. The zero-order valence-corrected chi connectivity index (χ0v) is 21.2. The fourth-order valence-corrected chi connectivity index (χ4v) is 6.07. The highest BCUT2D eigenvalue weighted by atomic mass is 35.5. The third-order valence-corrected chi connectivity index (χ3v) is 8.03. The molecule has 2 aliphatic rings. The third-order valence-electron chi connectivity index (χ3n) is 7.77. The predicted molar refractivity (Wildman–Crippen MR) is 141 cm³/mol. The minimum atomic E-state index is -1.62. The molecule has 0 N–H and O–H groups in total. The molecule has 0 radical (unpaired) electrons. The van der Waals surface area contributed by atoms with Crippen LogP contribution in [0, 0.1) is 12.8 Å². The molecule has 0 saturated carbocycles. The Hall–Kier alpha value is -3.80. The van der Waals surface area contributed by atoms with Crippen molar-refractivity contribution in [1.82, 2.24) is 4.90 Å². The van der Waals surface area contributed by atoms with E-state index in [0.717, 1.165) is 11.1 Å². The minimum absolute atomic E-state index is 0.242. The molecule has 2 heterocycles. The first-order valence-electron chi connectivity index (χ1n) is 12.2. The Morgan fingerprint density at radius 1 is 0.892 bits per heavy atom. The number of halogens is 1. The van der Waals surface area contributed by atoms with Crippen molar-refractivity contribution in [2.45, 2.75) is 18.4 Å². The molecule has 4 aromatic rings. The number of carbonyl (C=O) groups excluding carboxylic acids is 3. The first-order chi connectivity index (χ1) is 17.8. The molecule has 1 aromatic heterocycles. The predicted octanol–water partition coefficient (Wildman–Crippen LogP) is 6.25. The Bertz CT molecular complexity index is 1520. The molecule has 2 atom stereocenters. The molecule has 1 fully saturated rings. The number of carbonyl (C=O) groups is 3. The first kappa shape index (κ1) is 23.6. The summed E-state index contributed by atoms with van der Waals surface area (Å²) in [6, 6.07) is 25.1. The second-order valence-electron chi connectivity index (χ2n) is 9.87. The van der Waals surface area contributed by atoms with Crippen LogP contribution in [0.5, 0.6) is 0 Å². The van der Waals surface area contributed by atoms with Crippen molar-refractivity contribution in [3.05, 3.63) is 118 Å². The van der Waals surface area contributed by atoms with Crippen LogP contribution in [0.2, 0.25) is 5.02 Å². The number of ketones is 3. The molecule has 0 amide bonds. The average Bonchev–Trinajstić information content (AvgIpc) is 3.57. The zero-order chi connectivity index (χ0) is 25.9. The average molecular weight is 510 g/mol. The lowest BCUT2D eigenvalue weighted by molar-refractivity contribution is 0.0514. The van der Waals surface area contributed by atoms with Gasteiger partial charge in [0.05, 0.1) is 5.92 Å². The lowest BCUT2D eigenvalue weighted by atomic mass is 9.71. The van der Waals surface area contributed by atoms with Crippen molar-refractivity contribution >= 4 is 29.0 Å². The van der Waals surface area contributed by atoms with Gasteiger partial charge in [-0.3, -0.25) is 19.3 Å². The van der Waals surface area contributed by atoms with Crippen molar-refractivity contribution in [1.29, 1.82) is 0 Å². The normalized spacial score (nSPS) is 20.5. The summed E-state index contributed by atoms with van der Waals surface area (Å²) < 4.78 is 6.28. The maximum Gasteiger partial charge on any atom is 0.192 e. The highest BCUT2D eigenvalue weighted by molar-refractivity contribution is 6.35. The molecule has 1 saturated heterocycles. The number of likely N-dealkylation sites (N-methyl/N-ethyl adjacent to an activating group) is 1. The van der Waals surface area contributed by atoms with Gasteiger partial charge in [-0.15, -0.1) is 0 Å². The van der Waals surface area contributed by atoms with Gasteiger partial charge in [-0.2, -0.15) is 0 Å². The van der Waals surface area contributed by atoms with Crippen LogP contribution in [-0.4, -0.2) is 41.4 Å². The molecular weight excluding hydrogens is 486 g/mol. The Morgan fingerprint density at radius 2 is 1.51 bits per heavy atom. The molecule has 0 unspecified atom stereocenters. The summed E-state index contributed by atoms with van der Waals surface area (Å²) in [6.45, 7) is 2.27. The number of rotatable bonds is 4. The molecule has 184 valence electrons. The van der Waals surface area contributed by atoms with Crippen LogP contribution in [0.15, 0.2) is 89.3 Å². The van der Waals surface area contributed by atoms with Crippen molar-refractivity contribution in [2.75, 3.05) is 13.6 Å². The fraction of sp³-hybridized carbons (Fsp3) is 0.194. The van der Waals surface area contributed by atoms with Gasteiger partial charge in [0.25, 0.3) is 0 Å². The smallest absolute Gasteiger partial charge is 0.192 e. The van der Waals surface area contributed by atoms with Crippen LogP contribution in [0.25, 0.3) is 11.3 Å². The van der Waals surface area contributed by atoms with Crippen LogP contribution in [0.4, 0.5) is 0 Å². The Labute approximate surface area is 219 Å². The summed E-state index contributed by atoms with van der Waals surface area (Å²) >= 11 is 6.04. The first-order valence-corrected chi connectivity index (χ1v) is 12.6. The van der Waals surface area contributed by atoms with E-state index in [1.807, 2.05) is 43.3 Å². The van der Waals surface area contributed by atoms with Gasteiger partial charge in [-0.05, 0) is 50.4 Å². The number of furan rings is 1. The third kappa shape index (κ3) is 3.45. The van der Waals surface area contributed by atoms with Crippen LogP contribution >= 0.6 is 11.6 Å². The summed E-state index contributed by atoms with van der Waals surface area (Å²) in [5.41, 5.74) is 1.44. The quantitative estimate of drug-likeness (QED) is 0.240. The van der Waals surface area contributed by atoms with Gasteiger partial charge in [-0.1, -0.05) is 65.7 Å². The SMILES string of the molecule is Cc1ccc(C(=O)[C@@H]2[C@@H](c3ccc(-c4ccc(Cl)cc4)o3)CN(C)C23C(=O)c2ccccc2C3=O)cc1. The van der Waals surface area contributed by atoms with Gasteiger partial charge in [-0.25, -0.2) is 0 Å². The van der Waals surface area contributed by atoms with Gasteiger partial charge < -0.3 is 4.42 Å². The van der Waals surface area contributed by atoms with Crippen molar-refractivity contribution in [2.24, 2.45) is 5.92 Å². The second-order valence-corrected chi connectivity index (χ2v) is 10.3. The van der Waals surface area contributed by atoms with E-state index in [4.69, 9.17) is 16.0 Å². The standard InChI is InChI=1S/C31H24ClNO4/c1-18-7-9-20(10-8-18)28(34)27-24(26-16-15-25(37-26)19-11-13-21(32)14-12-19)17-33(2)31(27)29(35)22-5-3-4-6-23(22)30(31)36/h3-16,24,27H,17H2,1-2H3/t24-,27+/m1/s1. The Kier molecular flexibility index (Phi) is 5.51. The van der Waals surface area contributed by atoms with Crippen molar-refractivity contribution < 1.29 is 18.8 Å². The molecule has 5 nitrogen and oxygen atoms in total. The van der Waals surface area contributed by atoms with Gasteiger partial charge in [0.2, 0.25) is 0 Å². The van der Waals surface area contributed by atoms with E-state index in [1.54, 1.807) is 60.5 Å². The maximum atomic E-state index is 14.2. The Morgan fingerprint density at radius 3 is 2.14 bits per heavy atom. The number of benzene rings is 3. The van der Waals surface area contributed by atoms with Gasteiger partial charge >= 0.3 is 0 Å². The largest absolute Gasteiger partial charge is 0.461 e.